The van der Waals surface area contributed by atoms with Gasteiger partial charge in [0.25, 0.3) is 0 Å². The Balaban J connectivity index is 1.60. The quantitative estimate of drug-likeness (QED) is 0.855. The van der Waals surface area contributed by atoms with Crippen molar-refractivity contribution in [2.75, 3.05) is 5.32 Å². The van der Waals surface area contributed by atoms with E-state index < -0.39 is 6.61 Å². The number of ether oxygens (including phenoxy) is 1. The Hall–Kier alpha value is -1.32. The van der Waals surface area contributed by atoms with E-state index in [1.807, 2.05) is 12.1 Å². The summed E-state index contributed by atoms with van der Waals surface area (Å²) in [5, 5.41) is 3.58. The number of benzene rings is 1. The summed E-state index contributed by atoms with van der Waals surface area (Å²) in [7, 11) is 0. The second-order valence-corrected chi connectivity index (χ2v) is 6.06. The first kappa shape index (κ1) is 13.7. The van der Waals surface area contributed by atoms with E-state index in [0.29, 0.717) is 11.5 Å². The first-order chi connectivity index (χ1) is 9.68. The van der Waals surface area contributed by atoms with Gasteiger partial charge in [0.15, 0.2) is 0 Å². The van der Waals surface area contributed by atoms with Crippen molar-refractivity contribution in [3.05, 3.63) is 24.3 Å². The zero-order valence-electron chi connectivity index (χ0n) is 11.6. The molecule has 3 rings (SSSR count). The molecule has 2 fully saturated rings. The lowest BCUT2D eigenvalue weighted by Crippen LogP contribution is -2.50. The third kappa shape index (κ3) is 2.74. The lowest BCUT2D eigenvalue weighted by atomic mass is 9.57. The molecule has 0 radical (unpaired) electrons. The van der Waals surface area contributed by atoms with Crippen LogP contribution in [0.4, 0.5) is 14.5 Å². The van der Waals surface area contributed by atoms with Crippen molar-refractivity contribution in [2.24, 2.45) is 5.41 Å². The van der Waals surface area contributed by atoms with Gasteiger partial charge in [-0.2, -0.15) is 8.78 Å². The van der Waals surface area contributed by atoms with Crippen LogP contribution in [0.25, 0.3) is 0 Å². The summed E-state index contributed by atoms with van der Waals surface area (Å²) in [6, 6.07) is 7.39. The van der Waals surface area contributed by atoms with Gasteiger partial charge >= 0.3 is 6.61 Å². The van der Waals surface area contributed by atoms with E-state index in [1.165, 1.54) is 44.9 Å². The van der Waals surface area contributed by atoms with Crippen LogP contribution in [0.2, 0.25) is 0 Å². The van der Waals surface area contributed by atoms with Gasteiger partial charge in [0.05, 0.1) is 0 Å². The molecule has 0 aliphatic heterocycles. The van der Waals surface area contributed by atoms with Crippen LogP contribution in [-0.4, -0.2) is 12.7 Å². The zero-order valence-corrected chi connectivity index (χ0v) is 11.6. The van der Waals surface area contributed by atoms with Gasteiger partial charge in [-0.25, -0.2) is 0 Å². The topological polar surface area (TPSA) is 21.3 Å². The normalized spacial score (nSPS) is 24.4. The van der Waals surface area contributed by atoms with Gasteiger partial charge in [0.1, 0.15) is 5.75 Å². The van der Waals surface area contributed by atoms with Crippen molar-refractivity contribution in [1.29, 1.82) is 0 Å². The largest absolute Gasteiger partial charge is 0.435 e. The fraction of sp³-hybridized carbons (Fsp3) is 0.625. The third-order valence-electron chi connectivity index (χ3n) is 4.94. The molecule has 2 aliphatic rings. The summed E-state index contributed by atoms with van der Waals surface area (Å²) in [4.78, 5) is 0. The van der Waals surface area contributed by atoms with Crippen LogP contribution in [0.5, 0.6) is 5.75 Å². The SMILES string of the molecule is FC(F)Oc1ccc(NC2CCC23CCCCC3)cc1. The van der Waals surface area contributed by atoms with Crippen LogP contribution < -0.4 is 10.1 Å². The van der Waals surface area contributed by atoms with E-state index in [1.54, 1.807) is 12.1 Å². The molecule has 1 N–H and O–H groups in total. The molecule has 1 atom stereocenters. The predicted octanol–water partition coefficient (Wildman–Crippen LogP) is 4.81. The molecular weight excluding hydrogens is 260 g/mol. The molecule has 0 bridgehead atoms. The smallest absolute Gasteiger partial charge is 0.387 e. The number of alkyl halides is 2. The Morgan fingerprint density at radius 1 is 1.05 bits per heavy atom. The van der Waals surface area contributed by atoms with Gasteiger partial charge < -0.3 is 10.1 Å². The van der Waals surface area contributed by atoms with Crippen molar-refractivity contribution >= 4 is 5.69 Å². The van der Waals surface area contributed by atoms with Gasteiger partial charge in [0, 0.05) is 11.7 Å². The molecule has 0 amide bonds. The highest BCUT2D eigenvalue weighted by Gasteiger charge is 2.46. The number of halogens is 2. The second kappa shape index (κ2) is 5.58. The van der Waals surface area contributed by atoms with Crippen molar-refractivity contribution in [3.8, 4) is 5.75 Å². The fourth-order valence-corrected chi connectivity index (χ4v) is 3.71. The van der Waals surface area contributed by atoms with Crippen molar-refractivity contribution < 1.29 is 13.5 Å². The van der Waals surface area contributed by atoms with Gasteiger partial charge in [0.2, 0.25) is 0 Å². The van der Waals surface area contributed by atoms with Crippen LogP contribution in [-0.2, 0) is 0 Å². The Morgan fingerprint density at radius 2 is 1.75 bits per heavy atom. The number of nitrogens with one attached hydrogen (secondary N) is 1. The highest BCUT2D eigenvalue weighted by atomic mass is 19.3. The van der Waals surface area contributed by atoms with Crippen LogP contribution in [0, 0.1) is 5.41 Å². The molecule has 1 aromatic rings. The van der Waals surface area contributed by atoms with Gasteiger partial charge in [-0.1, -0.05) is 19.3 Å². The lowest BCUT2D eigenvalue weighted by molar-refractivity contribution is -0.0498. The Morgan fingerprint density at radius 3 is 2.30 bits per heavy atom. The van der Waals surface area contributed by atoms with E-state index in [4.69, 9.17) is 0 Å². The van der Waals surface area contributed by atoms with Gasteiger partial charge in [-0.3, -0.25) is 0 Å². The van der Waals surface area contributed by atoms with Crippen molar-refractivity contribution in [1.82, 2.24) is 0 Å². The average Bonchev–Trinajstić information content (AvgIpc) is 2.45. The van der Waals surface area contributed by atoms with E-state index in [0.717, 1.165) is 5.69 Å². The highest BCUT2D eigenvalue weighted by Crippen LogP contribution is 2.52. The Labute approximate surface area is 118 Å². The zero-order chi connectivity index (χ0) is 14.0. The van der Waals surface area contributed by atoms with Crippen LogP contribution >= 0.6 is 0 Å². The molecule has 2 aliphatic carbocycles. The second-order valence-electron chi connectivity index (χ2n) is 6.06. The molecule has 110 valence electrons. The molecule has 1 spiro atoms. The van der Waals surface area contributed by atoms with Crippen LogP contribution in [0.15, 0.2) is 24.3 Å². The van der Waals surface area contributed by atoms with Crippen LogP contribution in [0.3, 0.4) is 0 Å². The number of anilines is 1. The van der Waals surface area contributed by atoms with Gasteiger partial charge in [-0.15, -0.1) is 0 Å². The molecule has 20 heavy (non-hydrogen) atoms. The molecule has 2 nitrogen and oxygen atoms in total. The Kier molecular flexibility index (Phi) is 3.81. The minimum absolute atomic E-state index is 0.214. The van der Waals surface area contributed by atoms with E-state index in [9.17, 15) is 8.78 Å². The molecule has 1 unspecified atom stereocenters. The molecule has 2 saturated carbocycles. The summed E-state index contributed by atoms with van der Waals surface area (Å²) in [6.45, 7) is -2.76. The maximum atomic E-state index is 12.1. The fourth-order valence-electron chi connectivity index (χ4n) is 3.71. The predicted molar refractivity (Wildman–Crippen MR) is 75.2 cm³/mol. The molecular formula is C16H21F2NO. The van der Waals surface area contributed by atoms with Crippen LogP contribution in [0.1, 0.15) is 44.9 Å². The Bertz CT molecular complexity index is 440. The van der Waals surface area contributed by atoms with E-state index in [2.05, 4.69) is 10.1 Å². The van der Waals surface area contributed by atoms with Crippen molar-refractivity contribution in [3.63, 3.8) is 0 Å². The summed E-state index contributed by atoms with van der Waals surface area (Å²) < 4.78 is 28.6. The maximum absolute atomic E-state index is 12.1. The monoisotopic (exact) mass is 281 g/mol. The molecule has 4 heteroatoms. The molecule has 0 heterocycles. The standard InChI is InChI=1S/C16H21F2NO/c17-15(18)20-13-6-4-12(5-7-13)19-14-8-11-16(14)9-2-1-3-10-16/h4-7,14-15,19H,1-3,8-11H2. The summed E-state index contributed by atoms with van der Waals surface area (Å²) >= 11 is 0. The van der Waals surface area contributed by atoms with E-state index in [-0.39, 0.29) is 5.75 Å². The first-order valence-electron chi connectivity index (χ1n) is 7.49. The number of hydrogen-bond donors (Lipinski definition) is 1. The molecule has 1 aromatic carbocycles. The van der Waals surface area contributed by atoms with E-state index >= 15 is 0 Å². The highest BCUT2D eigenvalue weighted by molar-refractivity contribution is 5.48. The third-order valence-corrected chi connectivity index (χ3v) is 4.94. The number of rotatable bonds is 4. The minimum atomic E-state index is -2.76. The van der Waals surface area contributed by atoms with Gasteiger partial charge in [-0.05, 0) is 55.4 Å². The summed E-state index contributed by atoms with van der Waals surface area (Å²) in [5.41, 5.74) is 1.50. The van der Waals surface area contributed by atoms with Crippen molar-refractivity contribution in [2.45, 2.75) is 57.6 Å². The summed E-state index contributed by atoms with van der Waals surface area (Å²) in [6.07, 6.45) is 9.27. The lowest BCUT2D eigenvalue weighted by Gasteiger charge is -2.52. The molecule has 0 aromatic heterocycles. The average molecular weight is 281 g/mol. The first-order valence-corrected chi connectivity index (χ1v) is 7.49. The molecule has 0 saturated heterocycles. The maximum Gasteiger partial charge on any atom is 0.387 e. The summed E-state index contributed by atoms with van der Waals surface area (Å²) in [5.74, 6) is 0.214. The minimum Gasteiger partial charge on any atom is -0.435 e. The number of hydrogen-bond acceptors (Lipinski definition) is 2.